The lowest BCUT2D eigenvalue weighted by Gasteiger charge is -2.39. The molecule has 0 aromatic rings. The lowest BCUT2D eigenvalue weighted by molar-refractivity contribution is -0.184. The molecule has 2 fully saturated rings. The summed E-state index contributed by atoms with van der Waals surface area (Å²) >= 11 is 0. The lowest BCUT2D eigenvalue weighted by Crippen LogP contribution is -2.45. The summed E-state index contributed by atoms with van der Waals surface area (Å²) in [4.78, 5) is 14.0. The van der Waals surface area contributed by atoms with Crippen molar-refractivity contribution in [1.82, 2.24) is 4.90 Å². The number of nitrogens with zero attached hydrogens (tertiary/aromatic N) is 1. The van der Waals surface area contributed by atoms with Gasteiger partial charge in [-0.1, -0.05) is 6.92 Å². The van der Waals surface area contributed by atoms with Gasteiger partial charge in [0.25, 0.3) is 0 Å². The highest BCUT2D eigenvalue weighted by atomic mass is 16.7. The number of carbonyl (C=O) groups is 1. The minimum atomic E-state index is -0.343. The Hall–Kier alpha value is -0.650. The van der Waals surface area contributed by atoms with E-state index in [9.17, 15) is 4.79 Å². The summed E-state index contributed by atoms with van der Waals surface area (Å²) in [5.41, 5.74) is 0. The van der Waals surface area contributed by atoms with Crippen LogP contribution >= 0.6 is 0 Å². The first-order chi connectivity index (χ1) is 9.67. The Kier molecular flexibility index (Phi) is 5.81. The van der Waals surface area contributed by atoms with Crippen LogP contribution in [-0.4, -0.2) is 56.1 Å². The van der Waals surface area contributed by atoms with Gasteiger partial charge in [0.15, 0.2) is 5.79 Å². The zero-order valence-electron chi connectivity index (χ0n) is 12.7. The van der Waals surface area contributed by atoms with Crippen LogP contribution in [0.1, 0.15) is 45.4 Å². The van der Waals surface area contributed by atoms with Crippen LogP contribution in [0.3, 0.4) is 0 Å². The Labute approximate surface area is 121 Å². The molecule has 2 rings (SSSR count). The van der Waals surface area contributed by atoms with E-state index in [0.717, 1.165) is 38.7 Å². The van der Waals surface area contributed by atoms with E-state index < -0.39 is 0 Å². The van der Waals surface area contributed by atoms with Gasteiger partial charge in [0, 0.05) is 32.5 Å². The first-order valence-corrected chi connectivity index (χ1v) is 7.78. The first-order valence-electron chi connectivity index (χ1n) is 7.78. The summed E-state index contributed by atoms with van der Waals surface area (Å²) in [6.45, 7) is 4.74. The van der Waals surface area contributed by atoms with E-state index in [4.69, 9.17) is 14.2 Å². The fourth-order valence-corrected chi connectivity index (χ4v) is 3.00. The fraction of sp³-hybridized carbons (Fsp3) is 0.933. The molecule has 1 saturated carbocycles. The van der Waals surface area contributed by atoms with Gasteiger partial charge < -0.3 is 19.1 Å². The first kappa shape index (κ1) is 15.7. The monoisotopic (exact) mass is 285 g/mol. The van der Waals surface area contributed by atoms with Crippen molar-refractivity contribution < 1.29 is 19.0 Å². The molecule has 0 atom stereocenters. The van der Waals surface area contributed by atoms with Gasteiger partial charge in [-0.05, 0) is 19.3 Å². The molecule has 5 heteroatoms. The highest BCUT2D eigenvalue weighted by Crippen LogP contribution is 2.37. The van der Waals surface area contributed by atoms with Crippen LogP contribution in [0.4, 0.5) is 0 Å². The lowest BCUT2D eigenvalue weighted by atomic mass is 9.89. The van der Waals surface area contributed by atoms with Crippen molar-refractivity contribution in [2.45, 2.75) is 57.3 Å². The average Bonchev–Trinajstić information content (AvgIpc) is 2.92. The van der Waals surface area contributed by atoms with Gasteiger partial charge in [0.05, 0.1) is 26.2 Å². The summed E-state index contributed by atoms with van der Waals surface area (Å²) in [7, 11) is 1.90. The minimum Gasteiger partial charge on any atom is -0.381 e. The van der Waals surface area contributed by atoms with E-state index in [0.29, 0.717) is 32.3 Å². The average molecular weight is 285 g/mol. The third-order valence-electron chi connectivity index (χ3n) is 4.28. The van der Waals surface area contributed by atoms with E-state index in [-0.39, 0.29) is 11.7 Å². The maximum atomic E-state index is 12.1. The molecule has 0 aromatic carbocycles. The standard InChI is InChI=1S/C15H27NO4/c1-3-9-18-10-6-14(17)16(2)13-4-7-15(8-5-13)19-11-12-20-15/h13H,3-12H2,1-2H3. The Morgan fingerprint density at radius 3 is 2.50 bits per heavy atom. The Morgan fingerprint density at radius 1 is 1.25 bits per heavy atom. The maximum Gasteiger partial charge on any atom is 0.224 e. The molecule has 1 aliphatic carbocycles. The third-order valence-corrected chi connectivity index (χ3v) is 4.28. The molecule has 0 N–H and O–H groups in total. The van der Waals surface area contributed by atoms with Crippen LogP contribution in [0.5, 0.6) is 0 Å². The zero-order valence-corrected chi connectivity index (χ0v) is 12.7. The van der Waals surface area contributed by atoms with Crippen LogP contribution in [0.25, 0.3) is 0 Å². The van der Waals surface area contributed by atoms with Gasteiger partial charge in [-0.25, -0.2) is 0 Å². The molecule has 1 heterocycles. The molecule has 1 spiro atoms. The van der Waals surface area contributed by atoms with Gasteiger partial charge in [-0.15, -0.1) is 0 Å². The summed E-state index contributed by atoms with van der Waals surface area (Å²) < 4.78 is 16.8. The molecule has 20 heavy (non-hydrogen) atoms. The molecule has 0 bridgehead atoms. The maximum absolute atomic E-state index is 12.1. The van der Waals surface area contributed by atoms with E-state index >= 15 is 0 Å². The molecule has 0 radical (unpaired) electrons. The van der Waals surface area contributed by atoms with E-state index in [2.05, 4.69) is 6.92 Å². The summed E-state index contributed by atoms with van der Waals surface area (Å²) in [5, 5.41) is 0. The molecule has 5 nitrogen and oxygen atoms in total. The number of carbonyl (C=O) groups excluding carboxylic acids is 1. The van der Waals surface area contributed by atoms with Gasteiger partial charge >= 0.3 is 0 Å². The van der Waals surface area contributed by atoms with Gasteiger partial charge in [-0.2, -0.15) is 0 Å². The largest absolute Gasteiger partial charge is 0.381 e. The van der Waals surface area contributed by atoms with Crippen molar-refractivity contribution >= 4 is 5.91 Å². The molecule has 1 amide bonds. The van der Waals surface area contributed by atoms with Crippen molar-refractivity contribution in [3.8, 4) is 0 Å². The van der Waals surface area contributed by atoms with Crippen LogP contribution in [0, 0.1) is 0 Å². The fourth-order valence-electron chi connectivity index (χ4n) is 3.00. The topological polar surface area (TPSA) is 48.0 Å². The molecule has 0 unspecified atom stereocenters. The third kappa shape index (κ3) is 3.93. The predicted octanol–water partition coefficient (Wildman–Crippen LogP) is 1.95. The number of rotatable bonds is 6. The summed E-state index contributed by atoms with van der Waals surface area (Å²) in [6.07, 6.45) is 5.17. The van der Waals surface area contributed by atoms with Crippen molar-refractivity contribution in [2.24, 2.45) is 0 Å². The van der Waals surface area contributed by atoms with Crippen molar-refractivity contribution in [2.75, 3.05) is 33.5 Å². The molecule has 1 aliphatic heterocycles. The van der Waals surface area contributed by atoms with Crippen LogP contribution < -0.4 is 0 Å². The molecule has 0 aromatic heterocycles. The second-order valence-electron chi connectivity index (χ2n) is 5.71. The molecule has 1 saturated heterocycles. The quantitative estimate of drug-likeness (QED) is 0.700. The Bertz CT molecular complexity index is 305. The van der Waals surface area contributed by atoms with E-state index in [1.807, 2.05) is 11.9 Å². The molecule has 116 valence electrons. The molecular weight excluding hydrogens is 258 g/mol. The van der Waals surface area contributed by atoms with Gasteiger partial charge in [-0.3, -0.25) is 4.79 Å². The number of amides is 1. The van der Waals surface area contributed by atoms with Crippen molar-refractivity contribution in [3.63, 3.8) is 0 Å². The van der Waals surface area contributed by atoms with Crippen LogP contribution in [0.2, 0.25) is 0 Å². The van der Waals surface area contributed by atoms with E-state index in [1.165, 1.54) is 0 Å². The van der Waals surface area contributed by atoms with Crippen molar-refractivity contribution in [3.05, 3.63) is 0 Å². The SMILES string of the molecule is CCCOCCC(=O)N(C)C1CCC2(CC1)OCCO2. The highest BCUT2D eigenvalue weighted by Gasteiger charge is 2.41. The number of hydrogen-bond acceptors (Lipinski definition) is 4. The van der Waals surface area contributed by atoms with Gasteiger partial charge in [0.2, 0.25) is 5.91 Å². The van der Waals surface area contributed by atoms with Crippen molar-refractivity contribution in [1.29, 1.82) is 0 Å². The smallest absolute Gasteiger partial charge is 0.224 e. The second kappa shape index (κ2) is 7.38. The minimum absolute atomic E-state index is 0.176. The summed E-state index contributed by atoms with van der Waals surface area (Å²) in [5.74, 6) is -0.166. The Balaban J connectivity index is 1.70. The summed E-state index contributed by atoms with van der Waals surface area (Å²) in [6, 6.07) is 0.312. The predicted molar refractivity (Wildman–Crippen MR) is 75.4 cm³/mol. The highest BCUT2D eigenvalue weighted by molar-refractivity contribution is 5.76. The molecular formula is C15H27NO4. The number of hydrogen-bond donors (Lipinski definition) is 0. The normalized spacial score (nSPS) is 22.3. The second-order valence-corrected chi connectivity index (χ2v) is 5.71. The Morgan fingerprint density at radius 2 is 1.90 bits per heavy atom. The number of ether oxygens (including phenoxy) is 3. The van der Waals surface area contributed by atoms with Crippen LogP contribution in [-0.2, 0) is 19.0 Å². The molecule has 2 aliphatic rings. The zero-order chi connectivity index (χ0) is 14.4. The van der Waals surface area contributed by atoms with E-state index in [1.54, 1.807) is 0 Å². The van der Waals surface area contributed by atoms with Crippen LogP contribution in [0.15, 0.2) is 0 Å². The van der Waals surface area contributed by atoms with Gasteiger partial charge in [0.1, 0.15) is 0 Å².